The Morgan fingerprint density at radius 2 is 1.91 bits per heavy atom. The zero-order valence-corrected chi connectivity index (χ0v) is 22.6. The van der Waals surface area contributed by atoms with Gasteiger partial charge in [-0.1, -0.05) is 6.92 Å². The lowest BCUT2D eigenvalue weighted by Gasteiger charge is -2.29. The lowest BCUT2D eigenvalue weighted by molar-refractivity contribution is -0.128. The van der Waals surface area contributed by atoms with Crippen molar-refractivity contribution in [2.75, 3.05) is 65.3 Å². The highest BCUT2D eigenvalue weighted by Gasteiger charge is 2.15. The van der Waals surface area contributed by atoms with Gasteiger partial charge in [-0.2, -0.15) is 0 Å². The molecule has 0 atom stereocenters. The number of guanidine groups is 1. The van der Waals surface area contributed by atoms with Crippen LogP contribution in [0.15, 0.2) is 23.2 Å². The Bertz CT molecular complexity index is 766. The molecule has 1 fully saturated rings. The number of halogens is 1. The van der Waals surface area contributed by atoms with Crippen molar-refractivity contribution in [2.24, 2.45) is 10.9 Å². The number of ether oxygens (including phenoxy) is 2. The van der Waals surface area contributed by atoms with Crippen molar-refractivity contribution < 1.29 is 14.3 Å². The predicted molar refractivity (Wildman–Crippen MR) is 144 cm³/mol. The second-order valence-corrected chi connectivity index (χ2v) is 8.91. The van der Waals surface area contributed by atoms with Crippen LogP contribution in [0.1, 0.15) is 39.0 Å². The number of hydrogen-bond acceptors (Lipinski definition) is 5. The quantitative estimate of drug-likeness (QED) is 0.215. The summed E-state index contributed by atoms with van der Waals surface area (Å²) in [7, 11) is 3.55. The van der Waals surface area contributed by atoms with Crippen LogP contribution in [0.4, 0.5) is 5.69 Å². The topological polar surface area (TPSA) is 78.4 Å². The Morgan fingerprint density at radius 1 is 1.18 bits per heavy atom. The summed E-state index contributed by atoms with van der Waals surface area (Å²) in [4.78, 5) is 20.8. The lowest BCUT2D eigenvalue weighted by atomic mass is 9.99. The average Bonchev–Trinajstić information content (AvgIpc) is 3.02. The lowest BCUT2D eigenvalue weighted by Crippen LogP contribution is -2.35. The Hall–Kier alpha value is -1.75. The third kappa shape index (κ3) is 9.56. The van der Waals surface area contributed by atoms with Crippen molar-refractivity contribution in [3.63, 3.8) is 0 Å². The van der Waals surface area contributed by atoms with Crippen LogP contribution in [0.25, 0.3) is 0 Å². The van der Waals surface area contributed by atoms with Crippen molar-refractivity contribution in [1.29, 1.82) is 0 Å². The first kappa shape index (κ1) is 27.5. The Kier molecular flexibility index (Phi) is 12.1. The molecule has 2 N–H and O–H groups in total. The summed E-state index contributed by atoms with van der Waals surface area (Å²) in [6, 6.07) is 5.83. The van der Waals surface area contributed by atoms with Gasteiger partial charge in [0.15, 0.2) is 17.5 Å². The van der Waals surface area contributed by atoms with E-state index in [-0.39, 0.29) is 29.9 Å². The van der Waals surface area contributed by atoms with Gasteiger partial charge < -0.3 is 29.9 Å². The fourth-order valence-corrected chi connectivity index (χ4v) is 3.80. The van der Waals surface area contributed by atoms with E-state index >= 15 is 0 Å². The highest BCUT2D eigenvalue weighted by molar-refractivity contribution is 14.0. The minimum atomic E-state index is 0. The van der Waals surface area contributed by atoms with E-state index in [4.69, 9.17) is 14.5 Å². The SMILES string of the molecule is CC1CCN(CCCN=C(NCCC(=O)N(C)C)Nc2ccc3c(c2)OCCCO3)CC1.I. The van der Waals surface area contributed by atoms with Gasteiger partial charge in [0.25, 0.3) is 0 Å². The van der Waals surface area contributed by atoms with Gasteiger partial charge in [-0.3, -0.25) is 9.79 Å². The van der Waals surface area contributed by atoms with E-state index in [2.05, 4.69) is 22.5 Å². The maximum absolute atomic E-state index is 11.9. The largest absolute Gasteiger partial charge is 0.490 e. The third-order valence-electron chi connectivity index (χ3n) is 5.92. The number of carbonyl (C=O) groups excluding carboxylic acids is 1. The number of benzene rings is 1. The first-order valence-electron chi connectivity index (χ1n) is 11.9. The summed E-state index contributed by atoms with van der Waals surface area (Å²) in [6.07, 6.45) is 4.89. The highest BCUT2D eigenvalue weighted by Crippen LogP contribution is 2.32. The molecule has 9 heteroatoms. The van der Waals surface area contributed by atoms with Crippen LogP contribution in [-0.2, 0) is 4.79 Å². The molecular formula is C24H40IN5O3. The van der Waals surface area contributed by atoms with Crippen LogP contribution in [0.5, 0.6) is 11.5 Å². The number of nitrogens with zero attached hydrogens (tertiary/aromatic N) is 3. The van der Waals surface area contributed by atoms with E-state index < -0.39 is 0 Å². The molecule has 2 aliphatic heterocycles. The molecule has 0 spiro atoms. The molecule has 3 rings (SSSR count). The van der Waals surface area contributed by atoms with E-state index in [1.807, 2.05) is 18.2 Å². The van der Waals surface area contributed by atoms with Gasteiger partial charge >= 0.3 is 0 Å². The van der Waals surface area contributed by atoms with Crippen molar-refractivity contribution in [2.45, 2.75) is 39.0 Å². The summed E-state index contributed by atoms with van der Waals surface area (Å²) >= 11 is 0. The summed E-state index contributed by atoms with van der Waals surface area (Å²) < 4.78 is 11.5. The first-order valence-corrected chi connectivity index (χ1v) is 11.9. The van der Waals surface area contributed by atoms with E-state index in [9.17, 15) is 4.79 Å². The van der Waals surface area contributed by atoms with Gasteiger partial charge in [-0.25, -0.2) is 0 Å². The van der Waals surface area contributed by atoms with E-state index in [0.29, 0.717) is 32.1 Å². The minimum absolute atomic E-state index is 0. The molecule has 0 radical (unpaired) electrons. The molecule has 33 heavy (non-hydrogen) atoms. The van der Waals surface area contributed by atoms with Gasteiger partial charge in [0.05, 0.1) is 13.2 Å². The van der Waals surface area contributed by atoms with Crippen LogP contribution in [0.2, 0.25) is 0 Å². The number of anilines is 1. The molecule has 0 saturated carbocycles. The molecule has 0 aromatic heterocycles. The van der Waals surface area contributed by atoms with Gasteiger partial charge in [0, 0.05) is 51.8 Å². The van der Waals surface area contributed by atoms with E-state index in [1.165, 1.54) is 25.9 Å². The predicted octanol–water partition coefficient (Wildman–Crippen LogP) is 3.42. The molecule has 1 saturated heterocycles. The van der Waals surface area contributed by atoms with Crippen molar-refractivity contribution in [3.05, 3.63) is 18.2 Å². The zero-order valence-electron chi connectivity index (χ0n) is 20.3. The number of likely N-dealkylation sites (tertiary alicyclic amines) is 1. The Morgan fingerprint density at radius 3 is 2.64 bits per heavy atom. The average molecular weight is 574 g/mol. The van der Waals surface area contributed by atoms with Crippen LogP contribution >= 0.6 is 24.0 Å². The molecule has 8 nitrogen and oxygen atoms in total. The molecule has 1 aromatic rings. The van der Waals surface area contributed by atoms with Gasteiger partial charge in [0.1, 0.15) is 0 Å². The number of carbonyl (C=O) groups is 1. The fraction of sp³-hybridized carbons (Fsp3) is 0.667. The molecule has 2 heterocycles. The van der Waals surface area contributed by atoms with Crippen molar-refractivity contribution >= 4 is 41.5 Å². The molecular weight excluding hydrogens is 533 g/mol. The molecule has 1 amide bonds. The van der Waals surface area contributed by atoms with Gasteiger partial charge in [-0.05, 0) is 56.9 Å². The second kappa shape index (κ2) is 14.5. The van der Waals surface area contributed by atoms with Crippen molar-refractivity contribution in [3.8, 4) is 11.5 Å². The molecule has 0 aliphatic carbocycles. The number of rotatable bonds is 8. The minimum Gasteiger partial charge on any atom is -0.490 e. The number of nitrogens with one attached hydrogen (secondary N) is 2. The molecule has 2 aliphatic rings. The van der Waals surface area contributed by atoms with Gasteiger partial charge in [-0.15, -0.1) is 24.0 Å². The maximum atomic E-state index is 11.9. The molecule has 0 bridgehead atoms. The molecule has 0 unspecified atom stereocenters. The standard InChI is InChI=1S/C24H39N5O3.HI/c1-19-9-14-29(15-10-19)13-4-11-25-24(26-12-8-23(30)28(2)3)27-20-6-7-21-22(18-20)32-17-5-16-31-21;/h6-7,18-19H,4-5,8-17H2,1-3H3,(H2,25,26,27);1H. The van der Waals surface area contributed by atoms with E-state index in [0.717, 1.165) is 49.0 Å². The fourth-order valence-electron chi connectivity index (χ4n) is 3.80. The Labute approximate surface area is 215 Å². The summed E-state index contributed by atoms with van der Waals surface area (Å²) in [5.41, 5.74) is 0.879. The summed E-state index contributed by atoms with van der Waals surface area (Å²) in [6.45, 7) is 8.38. The van der Waals surface area contributed by atoms with Crippen molar-refractivity contribution in [1.82, 2.24) is 15.1 Å². The molecule has 1 aromatic carbocycles. The van der Waals surface area contributed by atoms with Gasteiger partial charge in [0.2, 0.25) is 5.91 Å². The number of aliphatic imine (C=N–C) groups is 1. The normalized spacial score (nSPS) is 17.0. The highest BCUT2D eigenvalue weighted by atomic mass is 127. The van der Waals surface area contributed by atoms with Crippen LogP contribution in [-0.4, -0.2) is 81.7 Å². The number of amides is 1. The number of fused-ring (bicyclic) bond motifs is 1. The van der Waals surface area contributed by atoms with Crippen LogP contribution < -0.4 is 20.1 Å². The summed E-state index contributed by atoms with van der Waals surface area (Å²) in [5.74, 6) is 3.13. The zero-order chi connectivity index (χ0) is 22.8. The monoisotopic (exact) mass is 573 g/mol. The summed E-state index contributed by atoms with van der Waals surface area (Å²) in [5, 5.41) is 6.66. The van der Waals surface area contributed by atoms with Crippen LogP contribution in [0.3, 0.4) is 0 Å². The molecule has 186 valence electrons. The van der Waals surface area contributed by atoms with E-state index in [1.54, 1.807) is 19.0 Å². The maximum Gasteiger partial charge on any atom is 0.223 e. The number of piperidine rings is 1. The second-order valence-electron chi connectivity index (χ2n) is 8.91. The van der Waals surface area contributed by atoms with Crippen LogP contribution in [0, 0.1) is 5.92 Å². The smallest absolute Gasteiger partial charge is 0.223 e. The first-order chi connectivity index (χ1) is 15.5. The Balaban J connectivity index is 0.00000385. The third-order valence-corrected chi connectivity index (χ3v) is 5.92. The number of hydrogen-bond donors (Lipinski definition) is 2.